The van der Waals surface area contributed by atoms with E-state index < -0.39 is 0 Å². The molecule has 1 saturated carbocycles. The minimum absolute atomic E-state index is 0.0877. The fourth-order valence-corrected chi connectivity index (χ4v) is 2.06. The zero-order chi connectivity index (χ0) is 13.6. The van der Waals surface area contributed by atoms with Crippen LogP contribution in [0.1, 0.15) is 52.9 Å². The zero-order valence-electron chi connectivity index (χ0n) is 11.9. The highest BCUT2D eigenvalue weighted by molar-refractivity contribution is 6.09. The summed E-state index contributed by atoms with van der Waals surface area (Å²) in [6.07, 6.45) is 5.96. The lowest BCUT2D eigenvalue weighted by Gasteiger charge is -2.17. The van der Waals surface area contributed by atoms with Crippen molar-refractivity contribution in [1.82, 2.24) is 5.32 Å². The van der Waals surface area contributed by atoms with Gasteiger partial charge in [-0.1, -0.05) is 37.9 Å². The molecule has 3 heteroatoms. The molecule has 1 atom stereocenters. The second-order valence-corrected chi connectivity index (χ2v) is 5.81. The van der Waals surface area contributed by atoms with Crippen molar-refractivity contribution in [3.8, 4) is 11.8 Å². The number of carbonyl (C=O) groups excluding carboxylic acids is 1. The third kappa shape index (κ3) is 4.76. The summed E-state index contributed by atoms with van der Waals surface area (Å²) in [6.45, 7) is 6.01. The van der Waals surface area contributed by atoms with E-state index in [4.69, 9.17) is 7.85 Å². The van der Waals surface area contributed by atoms with Gasteiger partial charge in [0, 0.05) is 11.5 Å². The third-order valence-corrected chi connectivity index (χ3v) is 3.52. The summed E-state index contributed by atoms with van der Waals surface area (Å²) in [5.41, 5.74) is -0.207. The Kier molecular flexibility index (Phi) is 5.79. The summed E-state index contributed by atoms with van der Waals surface area (Å²) in [5.74, 6) is 6.11. The van der Waals surface area contributed by atoms with Crippen molar-refractivity contribution in [1.29, 1.82) is 0 Å². The fourth-order valence-electron chi connectivity index (χ4n) is 2.06. The average Bonchev–Trinajstić information content (AvgIpc) is 2.82. The molecule has 0 heterocycles. The molecule has 1 unspecified atom stereocenters. The van der Waals surface area contributed by atoms with Crippen molar-refractivity contribution >= 4 is 13.8 Å². The first kappa shape index (κ1) is 15.2. The Morgan fingerprint density at radius 1 is 1.44 bits per heavy atom. The Morgan fingerprint density at radius 3 is 2.56 bits per heavy atom. The maximum Gasteiger partial charge on any atom is 0.235 e. The van der Waals surface area contributed by atoms with Gasteiger partial charge in [-0.05, 0) is 33.1 Å². The monoisotopic (exact) mass is 245 g/mol. The van der Waals surface area contributed by atoms with Crippen LogP contribution in [0.25, 0.3) is 0 Å². The van der Waals surface area contributed by atoms with Gasteiger partial charge in [0.15, 0.2) is 0 Å². The largest absolute Gasteiger partial charge is 0.352 e. The molecule has 2 nitrogen and oxygen atoms in total. The minimum atomic E-state index is -0.207. The number of carbonyl (C=O) groups is 1. The van der Waals surface area contributed by atoms with Gasteiger partial charge in [0.05, 0.1) is 13.8 Å². The highest BCUT2D eigenvalue weighted by Crippen LogP contribution is 2.19. The molecular formula is C15H24BNO. The maximum atomic E-state index is 12.1. The Balaban J connectivity index is 2.56. The van der Waals surface area contributed by atoms with Crippen LogP contribution < -0.4 is 5.32 Å². The van der Waals surface area contributed by atoms with Crippen LogP contribution in [-0.2, 0) is 4.79 Å². The molecule has 1 aliphatic rings. The molecule has 0 aromatic rings. The summed E-state index contributed by atoms with van der Waals surface area (Å²) in [6, 6.07) is 0.371. The minimum Gasteiger partial charge on any atom is -0.352 e. The van der Waals surface area contributed by atoms with Crippen molar-refractivity contribution in [2.24, 2.45) is 11.3 Å². The molecule has 0 aromatic carbocycles. The van der Waals surface area contributed by atoms with Crippen LogP contribution in [-0.4, -0.2) is 19.8 Å². The average molecular weight is 245 g/mol. The molecular weight excluding hydrogens is 221 g/mol. The van der Waals surface area contributed by atoms with E-state index in [1.807, 2.05) is 20.8 Å². The maximum absolute atomic E-state index is 12.1. The van der Waals surface area contributed by atoms with Crippen molar-refractivity contribution in [2.45, 2.75) is 65.2 Å². The first-order valence-electron chi connectivity index (χ1n) is 7.01. The second-order valence-electron chi connectivity index (χ2n) is 5.81. The van der Waals surface area contributed by atoms with Crippen LogP contribution in [0, 0.1) is 23.2 Å². The number of nitrogens with one attached hydrogen (secondary N) is 1. The molecule has 1 amide bonds. The van der Waals surface area contributed by atoms with Gasteiger partial charge in [-0.2, -0.15) is 0 Å². The van der Waals surface area contributed by atoms with E-state index in [9.17, 15) is 4.79 Å². The molecule has 2 radical (unpaired) electrons. The number of rotatable bonds is 4. The van der Waals surface area contributed by atoms with Crippen LogP contribution in [0.5, 0.6) is 0 Å². The smallest absolute Gasteiger partial charge is 0.235 e. The van der Waals surface area contributed by atoms with E-state index in [2.05, 4.69) is 17.2 Å². The van der Waals surface area contributed by atoms with Crippen LogP contribution in [0.2, 0.25) is 6.32 Å². The number of hydrogen-bond donors (Lipinski definition) is 1. The highest BCUT2D eigenvalue weighted by Gasteiger charge is 2.21. The highest BCUT2D eigenvalue weighted by atomic mass is 16.1. The summed E-state index contributed by atoms with van der Waals surface area (Å²) in [5, 5.41) is 3.11. The molecule has 0 bridgehead atoms. The van der Waals surface area contributed by atoms with E-state index in [0.717, 1.165) is 19.3 Å². The van der Waals surface area contributed by atoms with Gasteiger partial charge in [0.2, 0.25) is 5.91 Å². The molecule has 0 aliphatic heterocycles. The lowest BCUT2D eigenvalue weighted by Crippen LogP contribution is -2.36. The lowest BCUT2D eigenvalue weighted by molar-refractivity contribution is -0.124. The Morgan fingerprint density at radius 2 is 2.06 bits per heavy atom. The summed E-state index contributed by atoms with van der Waals surface area (Å²) in [7, 11) is 5.64. The van der Waals surface area contributed by atoms with E-state index in [1.165, 1.54) is 12.8 Å². The Labute approximate surface area is 113 Å². The van der Waals surface area contributed by atoms with Gasteiger partial charge in [-0.25, -0.2) is 0 Å². The number of hydrogen-bond acceptors (Lipinski definition) is 1. The van der Waals surface area contributed by atoms with Gasteiger partial charge in [-0.3, -0.25) is 4.79 Å². The summed E-state index contributed by atoms with van der Waals surface area (Å²) < 4.78 is 0. The Hall–Kier alpha value is -0.905. The molecule has 18 heavy (non-hydrogen) atoms. The lowest BCUT2D eigenvalue weighted by atomic mass is 9.79. The predicted molar refractivity (Wildman–Crippen MR) is 76.3 cm³/mol. The Bertz CT molecular complexity index is 334. The van der Waals surface area contributed by atoms with E-state index in [-0.39, 0.29) is 17.2 Å². The van der Waals surface area contributed by atoms with Crippen LogP contribution in [0.3, 0.4) is 0 Å². The van der Waals surface area contributed by atoms with Crippen LogP contribution in [0.4, 0.5) is 0 Å². The molecule has 0 spiro atoms. The predicted octanol–water partition coefficient (Wildman–Crippen LogP) is 2.69. The first-order chi connectivity index (χ1) is 8.48. The molecule has 1 aliphatic carbocycles. The van der Waals surface area contributed by atoms with Crippen molar-refractivity contribution in [3.63, 3.8) is 0 Å². The van der Waals surface area contributed by atoms with Gasteiger partial charge in [0.25, 0.3) is 0 Å². The topological polar surface area (TPSA) is 29.1 Å². The van der Waals surface area contributed by atoms with Gasteiger partial charge >= 0.3 is 0 Å². The van der Waals surface area contributed by atoms with Crippen LogP contribution in [0.15, 0.2) is 0 Å². The first-order valence-corrected chi connectivity index (χ1v) is 7.01. The quantitative estimate of drug-likeness (QED) is 0.598. The zero-order valence-corrected chi connectivity index (χ0v) is 11.9. The summed E-state index contributed by atoms with van der Waals surface area (Å²) in [4.78, 5) is 12.1. The van der Waals surface area contributed by atoms with Crippen LogP contribution >= 0.6 is 0 Å². The van der Waals surface area contributed by atoms with Crippen molar-refractivity contribution in [2.75, 3.05) is 0 Å². The van der Waals surface area contributed by atoms with E-state index in [0.29, 0.717) is 12.4 Å². The molecule has 1 fully saturated rings. The third-order valence-electron chi connectivity index (χ3n) is 3.52. The van der Waals surface area contributed by atoms with Gasteiger partial charge < -0.3 is 5.32 Å². The van der Waals surface area contributed by atoms with E-state index >= 15 is 0 Å². The second kappa shape index (κ2) is 6.88. The van der Waals surface area contributed by atoms with Crippen molar-refractivity contribution < 1.29 is 4.79 Å². The fraction of sp³-hybridized carbons (Fsp3) is 0.800. The number of amides is 1. The summed E-state index contributed by atoms with van der Waals surface area (Å²) >= 11 is 0. The molecule has 1 rings (SSSR count). The SMILES string of the molecule is [B]CC(C)(C)C#CC(CC)C(=O)NC1CCCC1. The molecule has 0 aromatic heterocycles. The van der Waals surface area contributed by atoms with Gasteiger partial charge in [-0.15, -0.1) is 0 Å². The standard InChI is InChI=1S/C15H24BNO/c1-4-12(9-10-15(2,3)11-16)14(18)17-13-7-5-6-8-13/h12-13H,4-8,11H2,1-3H3,(H,17,18). The molecule has 0 saturated heterocycles. The van der Waals surface area contributed by atoms with E-state index in [1.54, 1.807) is 0 Å². The van der Waals surface area contributed by atoms with Gasteiger partial charge in [0.1, 0.15) is 0 Å². The molecule has 98 valence electrons. The normalized spacial score (nSPS) is 17.9. The molecule has 1 N–H and O–H groups in total. The van der Waals surface area contributed by atoms with Crippen molar-refractivity contribution in [3.05, 3.63) is 0 Å².